The summed E-state index contributed by atoms with van der Waals surface area (Å²) in [6.07, 6.45) is 2.77. The molecule has 7 heteroatoms. The first-order valence-electron chi connectivity index (χ1n) is 6.40. The number of nitrogens with two attached hydrogens (primary N) is 1. The van der Waals surface area contributed by atoms with Gasteiger partial charge in [0.05, 0.1) is 11.5 Å². The van der Waals surface area contributed by atoms with Gasteiger partial charge in [0, 0.05) is 42.8 Å². The zero-order valence-electron chi connectivity index (χ0n) is 11.0. The van der Waals surface area contributed by atoms with Crippen LogP contribution in [0.4, 0.5) is 11.4 Å². The minimum atomic E-state index is -0.522. The summed E-state index contributed by atoms with van der Waals surface area (Å²) >= 11 is 0. The maximum atomic E-state index is 11.0. The Kier molecular flexibility index (Phi) is 4.52. The molecule has 0 atom stereocenters. The van der Waals surface area contributed by atoms with Gasteiger partial charge in [-0.1, -0.05) is 0 Å². The standard InChI is InChI=1S/C13H17N3O4/c14-7-10-5-12(16(17)18)13(6-11(10)15)20-8-9-1-3-19-4-2-9/h5-7,9,14H,1-4,8,15H2. The summed E-state index contributed by atoms with van der Waals surface area (Å²) in [6.45, 7) is 1.81. The Morgan fingerprint density at radius 2 is 2.20 bits per heavy atom. The van der Waals surface area contributed by atoms with Gasteiger partial charge in [-0.15, -0.1) is 0 Å². The molecular weight excluding hydrogens is 262 g/mol. The van der Waals surface area contributed by atoms with E-state index in [1.165, 1.54) is 12.1 Å². The van der Waals surface area contributed by atoms with Gasteiger partial charge in [-0.05, 0) is 18.8 Å². The van der Waals surface area contributed by atoms with E-state index >= 15 is 0 Å². The average Bonchev–Trinajstić information content (AvgIpc) is 2.46. The molecular formula is C13H17N3O4. The number of nitrogens with one attached hydrogen (secondary N) is 1. The lowest BCUT2D eigenvalue weighted by Gasteiger charge is -2.22. The predicted molar refractivity (Wildman–Crippen MR) is 74.4 cm³/mol. The van der Waals surface area contributed by atoms with Gasteiger partial charge >= 0.3 is 5.69 Å². The van der Waals surface area contributed by atoms with Crippen molar-refractivity contribution >= 4 is 17.6 Å². The van der Waals surface area contributed by atoms with Crippen molar-refractivity contribution in [1.29, 1.82) is 5.41 Å². The lowest BCUT2D eigenvalue weighted by molar-refractivity contribution is -0.385. The van der Waals surface area contributed by atoms with E-state index in [0.29, 0.717) is 37.0 Å². The summed E-state index contributed by atoms with van der Waals surface area (Å²) in [5, 5.41) is 18.2. The van der Waals surface area contributed by atoms with Crippen LogP contribution in [0.2, 0.25) is 0 Å². The van der Waals surface area contributed by atoms with Crippen LogP contribution in [0.5, 0.6) is 5.75 Å². The van der Waals surface area contributed by atoms with Crippen molar-refractivity contribution < 1.29 is 14.4 Å². The van der Waals surface area contributed by atoms with Crippen molar-refractivity contribution in [3.05, 3.63) is 27.8 Å². The maximum absolute atomic E-state index is 11.0. The molecule has 1 saturated heterocycles. The number of ether oxygens (including phenoxy) is 2. The average molecular weight is 279 g/mol. The molecule has 0 bridgehead atoms. The second-order valence-electron chi connectivity index (χ2n) is 4.72. The summed E-state index contributed by atoms with van der Waals surface area (Å²) in [4.78, 5) is 10.5. The van der Waals surface area contributed by atoms with E-state index in [-0.39, 0.29) is 11.4 Å². The van der Waals surface area contributed by atoms with Crippen LogP contribution in [0.3, 0.4) is 0 Å². The number of rotatable bonds is 5. The van der Waals surface area contributed by atoms with Gasteiger partial charge in [0.1, 0.15) is 0 Å². The van der Waals surface area contributed by atoms with Gasteiger partial charge in [0.2, 0.25) is 0 Å². The van der Waals surface area contributed by atoms with Gasteiger partial charge in [-0.3, -0.25) is 10.1 Å². The highest BCUT2D eigenvalue weighted by Gasteiger charge is 2.20. The molecule has 1 aromatic rings. The van der Waals surface area contributed by atoms with E-state index < -0.39 is 4.92 Å². The Bertz CT molecular complexity index is 513. The van der Waals surface area contributed by atoms with Crippen molar-refractivity contribution in [2.45, 2.75) is 12.8 Å². The van der Waals surface area contributed by atoms with Crippen LogP contribution in [-0.4, -0.2) is 31.0 Å². The van der Waals surface area contributed by atoms with Crippen LogP contribution >= 0.6 is 0 Å². The molecule has 0 radical (unpaired) electrons. The number of hydrogen-bond donors (Lipinski definition) is 2. The minimum Gasteiger partial charge on any atom is -0.486 e. The van der Waals surface area contributed by atoms with Gasteiger partial charge in [-0.25, -0.2) is 0 Å². The molecule has 2 rings (SSSR count). The second kappa shape index (κ2) is 6.33. The Balaban J connectivity index is 2.14. The number of nitrogens with zero attached hydrogens (tertiary/aromatic N) is 1. The molecule has 0 saturated carbocycles. The van der Waals surface area contributed by atoms with Gasteiger partial charge in [-0.2, -0.15) is 0 Å². The Hall–Kier alpha value is -2.15. The highest BCUT2D eigenvalue weighted by Crippen LogP contribution is 2.32. The fraction of sp³-hybridized carbons (Fsp3) is 0.462. The van der Waals surface area contributed by atoms with Crippen LogP contribution in [0, 0.1) is 21.4 Å². The quantitative estimate of drug-likeness (QED) is 0.370. The molecule has 0 spiro atoms. The molecule has 1 fully saturated rings. The number of benzene rings is 1. The van der Waals surface area contributed by atoms with Gasteiger partial charge in [0.15, 0.2) is 5.75 Å². The molecule has 0 aliphatic carbocycles. The number of anilines is 1. The molecule has 20 heavy (non-hydrogen) atoms. The van der Waals surface area contributed by atoms with E-state index in [0.717, 1.165) is 19.1 Å². The van der Waals surface area contributed by atoms with Crippen molar-refractivity contribution in [3.63, 3.8) is 0 Å². The molecule has 3 N–H and O–H groups in total. The molecule has 0 amide bonds. The molecule has 0 unspecified atom stereocenters. The fourth-order valence-electron chi connectivity index (χ4n) is 2.10. The molecule has 108 valence electrons. The van der Waals surface area contributed by atoms with E-state index in [4.69, 9.17) is 20.6 Å². The number of nitrogen functional groups attached to an aromatic ring is 1. The summed E-state index contributed by atoms with van der Waals surface area (Å²) in [6, 6.07) is 2.68. The van der Waals surface area contributed by atoms with Gasteiger partial charge < -0.3 is 20.6 Å². The normalized spacial score (nSPS) is 15.8. The summed E-state index contributed by atoms with van der Waals surface area (Å²) in [5.41, 5.74) is 6.19. The topological polar surface area (TPSA) is 111 Å². The first-order valence-corrected chi connectivity index (χ1v) is 6.40. The first kappa shape index (κ1) is 14.3. The third kappa shape index (κ3) is 3.24. The van der Waals surface area contributed by atoms with E-state index in [1.807, 2.05) is 0 Å². The fourth-order valence-corrected chi connectivity index (χ4v) is 2.10. The van der Waals surface area contributed by atoms with Gasteiger partial charge in [0.25, 0.3) is 0 Å². The third-order valence-electron chi connectivity index (χ3n) is 3.33. The largest absolute Gasteiger partial charge is 0.486 e. The van der Waals surface area contributed by atoms with E-state index in [1.54, 1.807) is 0 Å². The molecule has 1 aliphatic rings. The highest BCUT2D eigenvalue weighted by molar-refractivity contribution is 5.87. The molecule has 1 heterocycles. The number of hydrogen-bond acceptors (Lipinski definition) is 6. The summed E-state index contributed by atoms with van der Waals surface area (Å²) in [5.74, 6) is 0.497. The smallest absolute Gasteiger partial charge is 0.311 e. The van der Waals surface area contributed by atoms with Crippen molar-refractivity contribution in [3.8, 4) is 5.75 Å². The SMILES string of the molecule is N=Cc1cc([N+](=O)[O-])c(OCC2CCOCC2)cc1N. The van der Waals surface area contributed by atoms with E-state index in [9.17, 15) is 10.1 Å². The lowest BCUT2D eigenvalue weighted by atomic mass is 10.0. The Morgan fingerprint density at radius 1 is 1.50 bits per heavy atom. The second-order valence-corrected chi connectivity index (χ2v) is 4.72. The van der Waals surface area contributed by atoms with Crippen LogP contribution in [0.25, 0.3) is 0 Å². The van der Waals surface area contributed by atoms with Crippen molar-refractivity contribution in [2.24, 2.45) is 5.92 Å². The van der Waals surface area contributed by atoms with E-state index in [2.05, 4.69) is 0 Å². The third-order valence-corrected chi connectivity index (χ3v) is 3.33. The van der Waals surface area contributed by atoms with Crippen LogP contribution in [-0.2, 0) is 4.74 Å². The Labute approximate surface area is 116 Å². The number of nitro benzene ring substituents is 1. The van der Waals surface area contributed by atoms with Crippen molar-refractivity contribution in [2.75, 3.05) is 25.6 Å². The van der Waals surface area contributed by atoms with Crippen LogP contribution < -0.4 is 10.5 Å². The van der Waals surface area contributed by atoms with Crippen LogP contribution in [0.1, 0.15) is 18.4 Å². The summed E-state index contributed by atoms with van der Waals surface area (Å²) in [7, 11) is 0. The molecule has 1 aromatic carbocycles. The zero-order valence-corrected chi connectivity index (χ0v) is 11.0. The lowest BCUT2D eigenvalue weighted by Crippen LogP contribution is -2.21. The van der Waals surface area contributed by atoms with Crippen LogP contribution in [0.15, 0.2) is 12.1 Å². The molecule has 7 nitrogen and oxygen atoms in total. The summed E-state index contributed by atoms with van der Waals surface area (Å²) < 4.78 is 10.8. The molecule has 0 aromatic heterocycles. The zero-order chi connectivity index (χ0) is 14.5. The first-order chi connectivity index (χ1) is 9.61. The Morgan fingerprint density at radius 3 is 2.80 bits per heavy atom. The monoisotopic (exact) mass is 279 g/mol. The number of nitro groups is 1. The van der Waals surface area contributed by atoms with Crippen molar-refractivity contribution in [1.82, 2.24) is 0 Å². The molecule has 1 aliphatic heterocycles. The predicted octanol–water partition coefficient (Wildman–Crippen LogP) is 1.98. The highest BCUT2D eigenvalue weighted by atomic mass is 16.6. The minimum absolute atomic E-state index is 0.157. The maximum Gasteiger partial charge on any atom is 0.311 e.